The lowest BCUT2D eigenvalue weighted by molar-refractivity contribution is -0.146. The number of carbonyl (C=O) groups excluding carboxylic acids is 2. The lowest BCUT2D eigenvalue weighted by Gasteiger charge is -2.21. The first kappa shape index (κ1) is 55.2. The highest BCUT2D eigenvalue weighted by Gasteiger charge is 2.14. The molecule has 0 aliphatic heterocycles. The van der Waals surface area contributed by atoms with E-state index in [1.807, 2.05) is 0 Å². The van der Waals surface area contributed by atoms with E-state index < -0.39 is 0 Å². The van der Waals surface area contributed by atoms with Crippen molar-refractivity contribution in [2.45, 2.75) is 259 Å². The van der Waals surface area contributed by atoms with E-state index in [2.05, 4.69) is 32.6 Å². The first-order chi connectivity index (χ1) is 27.5. The highest BCUT2D eigenvalue weighted by atomic mass is 35.5. The molecule has 0 aromatic heterocycles. The van der Waals surface area contributed by atoms with Gasteiger partial charge in [0.1, 0.15) is 0 Å². The van der Waals surface area contributed by atoms with E-state index in [-0.39, 0.29) is 11.9 Å². The lowest BCUT2D eigenvalue weighted by atomic mass is 9.95. The van der Waals surface area contributed by atoms with E-state index in [9.17, 15) is 9.59 Å². The molecule has 0 aliphatic rings. The van der Waals surface area contributed by atoms with Gasteiger partial charge in [-0.3, -0.25) is 9.59 Å². The zero-order valence-electron chi connectivity index (χ0n) is 38.3. The fourth-order valence-corrected chi connectivity index (χ4v) is 8.30. The van der Waals surface area contributed by atoms with Crippen LogP contribution in [0.2, 0.25) is 0 Å². The van der Waals surface area contributed by atoms with Crippen LogP contribution in [0.25, 0.3) is 0 Å². The Balaban J connectivity index is 4.07. The zero-order valence-corrected chi connectivity index (χ0v) is 39.1. The van der Waals surface area contributed by atoms with Crippen molar-refractivity contribution in [2.75, 3.05) is 38.7 Å². The van der Waals surface area contributed by atoms with Gasteiger partial charge in [0, 0.05) is 25.3 Å². The Morgan fingerprint density at radius 2 is 0.679 bits per heavy atom. The van der Waals surface area contributed by atoms with Gasteiger partial charge in [-0.2, -0.15) is 0 Å². The van der Waals surface area contributed by atoms with Crippen LogP contribution >= 0.6 is 11.6 Å². The van der Waals surface area contributed by atoms with Crippen molar-refractivity contribution in [1.29, 1.82) is 0 Å². The maximum Gasteiger partial charge on any atom is 0.305 e. The summed E-state index contributed by atoms with van der Waals surface area (Å²) >= 11 is 6.15. The van der Waals surface area contributed by atoms with Crippen LogP contribution in [0.1, 0.15) is 259 Å². The molecule has 6 heteroatoms. The summed E-state index contributed by atoms with van der Waals surface area (Å²) in [5, 5.41) is 0. The first-order valence-corrected chi connectivity index (χ1v) is 25.6. The van der Waals surface area contributed by atoms with Crippen LogP contribution in [0.15, 0.2) is 0 Å². The average Bonchev–Trinajstić information content (AvgIpc) is 3.20. The topological polar surface area (TPSA) is 55.8 Å². The third-order valence-electron chi connectivity index (χ3n) is 11.9. The third-order valence-corrected chi connectivity index (χ3v) is 12.1. The number of alkyl halides is 1. The van der Waals surface area contributed by atoms with Gasteiger partial charge in [-0.05, 0) is 76.3 Å². The molecule has 56 heavy (non-hydrogen) atoms. The molecule has 0 fully saturated rings. The van der Waals surface area contributed by atoms with Gasteiger partial charge in [-0.1, -0.05) is 195 Å². The van der Waals surface area contributed by atoms with Gasteiger partial charge in [0.15, 0.2) is 0 Å². The van der Waals surface area contributed by atoms with E-state index in [0.29, 0.717) is 43.8 Å². The molecule has 0 amide bonds. The van der Waals surface area contributed by atoms with Crippen LogP contribution in [-0.2, 0) is 19.1 Å². The molecular weight excluding hydrogens is 714 g/mol. The Morgan fingerprint density at radius 3 is 1.02 bits per heavy atom. The molecule has 0 heterocycles. The van der Waals surface area contributed by atoms with Gasteiger partial charge in [-0.15, -0.1) is 11.6 Å². The molecule has 0 rings (SSSR count). The zero-order chi connectivity index (χ0) is 41.0. The van der Waals surface area contributed by atoms with Gasteiger partial charge < -0.3 is 14.4 Å². The van der Waals surface area contributed by atoms with Crippen molar-refractivity contribution in [3.63, 3.8) is 0 Å². The summed E-state index contributed by atoms with van der Waals surface area (Å²) in [4.78, 5) is 27.6. The molecule has 0 aromatic rings. The molecule has 2 unspecified atom stereocenters. The number of rotatable bonds is 46. The molecule has 0 N–H and O–H groups in total. The van der Waals surface area contributed by atoms with Gasteiger partial charge in [0.05, 0.1) is 13.2 Å². The molecule has 0 bridgehead atoms. The van der Waals surface area contributed by atoms with E-state index in [4.69, 9.17) is 21.1 Å². The summed E-state index contributed by atoms with van der Waals surface area (Å²) in [6.45, 7) is 13.5. The van der Waals surface area contributed by atoms with Crippen LogP contribution < -0.4 is 0 Å². The Labute approximate surface area is 355 Å². The minimum Gasteiger partial charge on any atom is -0.465 e. The van der Waals surface area contributed by atoms with E-state index in [1.54, 1.807) is 0 Å². The predicted octanol–water partition coefficient (Wildman–Crippen LogP) is 16.0. The molecule has 0 saturated heterocycles. The van der Waals surface area contributed by atoms with Crippen molar-refractivity contribution < 1.29 is 19.1 Å². The first-order valence-electron chi connectivity index (χ1n) is 25.1. The molecular formula is C50H98ClNO4. The predicted molar refractivity (Wildman–Crippen MR) is 245 cm³/mol. The third kappa shape index (κ3) is 40.0. The summed E-state index contributed by atoms with van der Waals surface area (Å²) in [6.07, 6.45) is 43.5. The number of hydrogen-bond donors (Lipinski definition) is 0. The molecule has 2 atom stereocenters. The lowest BCUT2D eigenvalue weighted by Crippen LogP contribution is -2.28. The Hall–Kier alpha value is -0.810. The van der Waals surface area contributed by atoms with E-state index in [1.165, 1.54) is 193 Å². The Morgan fingerprint density at radius 1 is 0.393 bits per heavy atom. The minimum absolute atomic E-state index is 0.00967. The number of halogens is 1. The number of unbranched alkanes of at least 4 members (excludes halogenated alkanes) is 24. The smallest absolute Gasteiger partial charge is 0.305 e. The quantitative estimate of drug-likeness (QED) is 0.0348. The van der Waals surface area contributed by atoms with Crippen molar-refractivity contribution in [1.82, 2.24) is 4.90 Å². The van der Waals surface area contributed by atoms with Crippen LogP contribution in [0.3, 0.4) is 0 Å². The molecule has 0 aliphatic carbocycles. The average molecular weight is 813 g/mol. The van der Waals surface area contributed by atoms with Gasteiger partial charge in [0.2, 0.25) is 0 Å². The van der Waals surface area contributed by atoms with Crippen molar-refractivity contribution in [3.05, 3.63) is 0 Å². The van der Waals surface area contributed by atoms with E-state index >= 15 is 0 Å². The number of ether oxygens (including phenoxy) is 2. The normalized spacial score (nSPS) is 12.7. The monoisotopic (exact) mass is 812 g/mol. The molecule has 0 aromatic carbocycles. The fourth-order valence-electron chi connectivity index (χ4n) is 8.06. The number of carbonyl (C=O) groups is 2. The summed E-state index contributed by atoms with van der Waals surface area (Å²) in [5.41, 5.74) is 0. The molecule has 0 spiro atoms. The summed E-state index contributed by atoms with van der Waals surface area (Å²) in [7, 11) is 0. The second-order valence-corrected chi connectivity index (χ2v) is 17.9. The fraction of sp³-hybridized carbons (Fsp3) is 0.960. The number of esters is 2. The van der Waals surface area contributed by atoms with Crippen molar-refractivity contribution >= 4 is 23.5 Å². The SMILES string of the molecule is CCCCCCCCC(CCCCCC)COC(=O)CCCCCCCN(CCCl)CCCCCCCC(=O)OCC(CCCCCC)CCCCCCCC. The van der Waals surface area contributed by atoms with Crippen LogP contribution in [0.4, 0.5) is 0 Å². The number of nitrogens with zero attached hydrogens (tertiary/aromatic N) is 1. The van der Waals surface area contributed by atoms with Gasteiger partial charge in [-0.25, -0.2) is 0 Å². The van der Waals surface area contributed by atoms with Crippen LogP contribution in [-0.4, -0.2) is 55.6 Å². The molecule has 334 valence electrons. The van der Waals surface area contributed by atoms with Crippen molar-refractivity contribution in [2.24, 2.45) is 11.8 Å². The maximum absolute atomic E-state index is 12.5. The van der Waals surface area contributed by atoms with Crippen LogP contribution in [0, 0.1) is 11.8 Å². The van der Waals surface area contributed by atoms with Gasteiger partial charge >= 0.3 is 11.9 Å². The van der Waals surface area contributed by atoms with Gasteiger partial charge in [0.25, 0.3) is 0 Å². The standard InChI is InChI=1S/C50H98ClNO4/c1-5-9-13-17-21-29-37-47(35-27-15-11-7-3)45-55-49(53)39-31-23-19-25-33-42-52(44-41-51)43-34-26-20-24-32-40-50(54)56-46-48(36-28-16-12-8-4)38-30-22-18-14-10-6-2/h47-48H,5-46H2,1-4H3. The second kappa shape index (κ2) is 45.3. The van der Waals surface area contributed by atoms with Crippen LogP contribution in [0.5, 0.6) is 0 Å². The van der Waals surface area contributed by atoms with Crippen molar-refractivity contribution in [3.8, 4) is 0 Å². The maximum atomic E-state index is 12.5. The second-order valence-electron chi connectivity index (χ2n) is 17.5. The molecule has 5 nitrogen and oxygen atoms in total. The highest BCUT2D eigenvalue weighted by Crippen LogP contribution is 2.22. The molecule has 0 radical (unpaired) electrons. The molecule has 0 saturated carbocycles. The summed E-state index contributed by atoms with van der Waals surface area (Å²) < 4.78 is 11.6. The highest BCUT2D eigenvalue weighted by molar-refractivity contribution is 6.18. The summed E-state index contributed by atoms with van der Waals surface area (Å²) in [5.74, 6) is 1.79. The Kier molecular flexibility index (Phi) is 44.6. The van der Waals surface area contributed by atoms with E-state index in [0.717, 1.165) is 45.3 Å². The number of hydrogen-bond acceptors (Lipinski definition) is 5. The summed E-state index contributed by atoms with van der Waals surface area (Å²) in [6, 6.07) is 0. The minimum atomic E-state index is 0.00967. The Bertz CT molecular complexity index is 748. The largest absolute Gasteiger partial charge is 0.465 e.